The first kappa shape index (κ1) is 98.6. The van der Waals surface area contributed by atoms with Gasteiger partial charge in [0.1, 0.15) is 53.8 Å². The minimum absolute atomic E-state index is 0.0368. The van der Waals surface area contributed by atoms with Crippen LogP contribution in [0.3, 0.4) is 0 Å². The Morgan fingerprint density at radius 2 is 1.37 bits per heavy atom. The van der Waals surface area contributed by atoms with E-state index < -0.39 is 102 Å². The summed E-state index contributed by atoms with van der Waals surface area (Å²) in [6.45, 7) is 18.6. The fourth-order valence-electron chi connectivity index (χ4n) is 16.8. The largest absolute Gasteiger partial charge is 0.459 e. The number of ketones is 2. The minimum Gasteiger partial charge on any atom is -0.459 e. The molecule has 2 aromatic carbocycles. The Balaban J connectivity index is 0.543. The topological polar surface area (TPSA) is 449 Å². The van der Waals surface area contributed by atoms with Gasteiger partial charge in [0.25, 0.3) is 17.7 Å². The number of benzene rings is 2. The third kappa shape index (κ3) is 29.2. The first-order valence-corrected chi connectivity index (χ1v) is 44.3. The Bertz CT molecular complexity index is 4400. The Morgan fingerprint density at radius 1 is 0.688 bits per heavy atom. The number of nitrogen functional groups attached to an aromatic ring is 2. The second kappa shape index (κ2) is 50.3. The number of aromatic nitrogens is 5. The molecule has 34 heteroatoms. The lowest BCUT2D eigenvalue weighted by Crippen LogP contribution is -2.61. The average molecular weight is 1750 g/mol. The van der Waals surface area contributed by atoms with Crippen LogP contribution in [0.1, 0.15) is 148 Å². The second-order valence-electron chi connectivity index (χ2n) is 33.5. The van der Waals surface area contributed by atoms with E-state index in [2.05, 4.69) is 38.5 Å². The molecule has 2 saturated heterocycles. The summed E-state index contributed by atoms with van der Waals surface area (Å²) >= 11 is 0. The number of aliphatic hydroxyl groups is 3. The van der Waals surface area contributed by atoms with E-state index in [0.29, 0.717) is 222 Å². The normalized spacial score (nSPS) is 27.2. The van der Waals surface area contributed by atoms with Crippen molar-refractivity contribution < 1.29 is 110 Å². The number of ether oxygens (including phenoxy) is 13. The smallest absolute Gasteiger partial charge is 0.407 e. The molecule has 0 spiro atoms. The molecule has 2 bridgehead atoms. The summed E-state index contributed by atoms with van der Waals surface area (Å²) in [6, 6.07) is 10.0. The molecular weight excluding hydrogens is 1620 g/mol. The molecule has 125 heavy (non-hydrogen) atoms. The van der Waals surface area contributed by atoms with Crippen molar-refractivity contribution in [2.75, 3.05) is 151 Å². The molecule has 7 heterocycles. The lowest BCUT2D eigenvalue weighted by atomic mass is 9.80. The molecular formula is C91H133N11O23. The highest BCUT2D eigenvalue weighted by atomic mass is 16.6. The summed E-state index contributed by atoms with van der Waals surface area (Å²) in [5.74, 6) is -7.13. The van der Waals surface area contributed by atoms with E-state index in [4.69, 9.17) is 88.3 Å². The molecule has 690 valence electrons. The number of oxazole rings is 1. The van der Waals surface area contributed by atoms with Gasteiger partial charge in [0.05, 0.1) is 142 Å². The van der Waals surface area contributed by atoms with E-state index in [1.807, 2.05) is 72.9 Å². The van der Waals surface area contributed by atoms with Crippen LogP contribution in [0.5, 0.6) is 0 Å². The maximum Gasteiger partial charge on any atom is 0.407 e. The molecule has 15 atom stereocenters. The maximum absolute atomic E-state index is 14.7. The van der Waals surface area contributed by atoms with Crippen LogP contribution in [0.15, 0.2) is 94.7 Å². The van der Waals surface area contributed by atoms with Gasteiger partial charge in [-0.3, -0.25) is 19.2 Å². The average Bonchev–Trinajstić information content (AvgIpc) is 1.56. The number of fused-ring (bicyclic) bond motifs is 6. The van der Waals surface area contributed by atoms with Gasteiger partial charge >= 0.3 is 12.1 Å². The lowest BCUT2D eigenvalue weighted by Gasteiger charge is -2.42. The van der Waals surface area contributed by atoms with Crippen molar-refractivity contribution in [1.82, 2.24) is 39.8 Å². The molecule has 10 rings (SSSR count). The van der Waals surface area contributed by atoms with Gasteiger partial charge in [-0.2, -0.15) is 10.1 Å². The Kier molecular flexibility index (Phi) is 39.7. The first-order chi connectivity index (χ1) is 60.3. The van der Waals surface area contributed by atoms with Crippen molar-refractivity contribution in [3.05, 3.63) is 107 Å². The quantitative estimate of drug-likeness (QED) is 0.00862. The number of anilines is 2. The maximum atomic E-state index is 14.7. The van der Waals surface area contributed by atoms with E-state index >= 15 is 0 Å². The van der Waals surface area contributed by atoms with E-state index in [1.54, 1.807) is 47.1 Å². The van der Waals surface area contributed by atoms with Crippen LogP contribution in [-0.2, 0) is 105 Å². The number of hydrogen-bond donors (Lipinski definition) is 7. The van der Waals surface area contributed by atoms with E-state index in [1.165, 1.54) is 16.8 Å². The lowest BCUT2D eigenvalue weighted by molar-refractivity contribution is -0.265. The van der Waals surface area contributed by atoms with Gasteiger partial charge in [-0.05, 0) is 161 Å². The third-order valence-corrected chi connectivity index (χ3v) is 24.0. The first-order valence-electron chi connectivity index (χ1n) is 44.3. The summed E-state index contributed by atoms with van der Waals surface area (Å²) < 4.78 is 82.6. The molecule has 5 aromatic rings. The number of hydrogen-bond acceptors (Lipinski definition) is 30. The van der Waals surface area contributed by atoms with Gasteiger partial charge < -0.3 is 114 Å². The number of cyclic esters (lactones) is 1. The van der Waals surface area contributed by atoms with Crippen LogP contribution < -0.4 is 22.5 Å². The number of allylic oxidation sites excluding steroid dienone is 6. The van der Waals surface area contributed by atoms with Crippen molar-refractivity contribution in [1.29, 1.82) is 0 Å². The number of methoxy groups -OCH3 is 2. The number of aliphatic hydroxyl groups excluding tert-OH is 2. The molecule has 4 aliphatic heterocycles. The number of nitrogens with one attached hydrogen (secondary N) is 1. The zero-order chi connectivity index (χ0) is 89.4. The zero-order valence-electron chi connectivity index (χ0n) is 73.9. The number of esters is 1. The van der Waals surface area contributed by atoms with E-state index in [0.717, 1.165) is 28.7 Å². The van der Waals surface area contributed by atoms with Crippen LogP contribution in [0, 0.1) is 29.6 Å². The van der Waals surface area contributed by atoms with Crippen LogP contribution >= 0.6 is 0 Å². The molecule has 34 nitrogen and oxygen atoms in total. The van der Waals surface area contributed by atoms with Crippen molar-refractivity contribution >= 4 is 69.4 Å². The van der Waals surface area contributed by atoms with E-state index in [9.17, 15) is 44.1 Å². The van der Waals surface area contributed by atoms with Gasteiger partial charge in [-0.15, -0.1) is 0 Å². The summed E-state index contributed by atoms with van der Waals surface area (Å²) in [5, 5.41) is 43.0. The molecule has 3 aromatic heterocycles. The van der Waals surface area contributed by atoms with Crippen molar-refractivity contribution in [2.24, 2.45) is 35.3 Å². The fraction of sp³-hybridized carbons (Fsp3) is 0.648. The summed E-state index contributed by atoms with van der Waals surface area (Å²) in [7, 11) is 3.12. The number of Topliss-reactive ketones (excluding diaryl/α,β-unsaturated/α-hetero) is 2. The van der Waals surface area contributed by atoms with Gasteiger partial charge in [-0.25, -0.2) is 24.2 Å². The van der Waals surface area contributed by atoms with Crippen molar-refractivity contribution in [3.63, 3.8) is 0 Å². The monoisotopic (exact) mass is 1750 g/mol. The molecule has 1 saturated carbocycles. The highest BCUT2D eigenvalue weighted by Crippen LogP contribution is 2.39. The molecule has 3 amide bonds. The summed E-state index contributed by atoms with van der Waals surface area (Å²) in [4.78, 5) is 99.5. The van der Waals surface area contributed by atoms with Gasteiger partial charge in [-0.1, -0.05) is 82.4 Å². The fourth-order valence-corrected chi connectivity index (χ4v) is 16.8. The van der Waals surface area contributed by atoms with Gasteiger partial charge in [0.15, 0.2) is 17.0 Å². The highest BCUT2D eigenvalue weighted by Gasteiger charge is 2.53. The SMILES string of the molecule is CO[C@H]1C[C@@H]2CC[C@@H](C)[C@@](O)(O2)C(=O)C(=O)N2CCCC[C@H]2C(=O)O[C@H]([C@H](N)C[C@@H]2CC[C@@H](OC(=O)NCCOCCOCCOCCOCCOCCOCCOCCOCCC(=O)N3CCc4cc(Cn5nc(-c6ccc7oc(N)nc7c6)c6c(N)ncnc65)ccc4C3)[C@H](OC)C2)CC[C@H](C)/C=C(\C)[C@@H](O)[C@@H](O)C(=O)[C@H](C)C[C@H](C)/C=C/C=C/C=C/1C. The van der Waals surface area contributed by atoms with E-state index in [-0.39, 0.29) is 75.1 Å². The van der Waals surface area contributed by atoms with Crippen LogP contribution in [-0.4, -0.2) is 285 Å². The Labute approximate surface area is 732 Å². The number of nitrogens with two attached hydrogens (primary N) is 3. The number of piperidine rings is 1. The Morgan fingerprint density at radius 3 is 2.05 bits per heavy atom. The zero-order valence-corrected chi connectivity index (χ0v) is 73.9. The summed E-state index contributed by atoms with van der Waals surface area (Å²) in [6.07, 6.45) is 12.4. The van der Waals surface area contributed by atoms with Crippen molar-refractivity contribution in [3.8, 4) is 11.3 Å². The number of alkyl carbamates (subject to hydrolysis) is 1. The van der Waals surface area contributed by atoms with Crippen LogP contribution in [0.4, 0.5) is 16.6 Å². The molecule has 3 fully saturated rings. The highest BCUT2D eigenvalue weighted by molar-refractivity contribution is 6.39. The summed E-state index contributed by atoms with van der Waals surface area (Å²) in [5.41, 5.74) is 27.1. The van der Waals surface area contributed by atoms with Crippen molar-refractivity contribution in [2.45, 2.75) is 212 Å². The molecule has 1 aliphatic carbocycles. The number of rotatable bonds is 36. The second-order valence-corrected chi connectivity index (χ2v) is 33.5. The van der Waals surface area contributed by atoms with Gasteiger partial charge in [0, 0.05) is 70.3 Å². The molecule has 10 N–H and O–H groups in total. The number of carbonyl (C=O) groups excluding carboxylic acids is 6. The Hall–Kier alpha value is -8.56. The third-order valence-electron chi connectivity index (χ3n) is 24.0. The predicted octanol–water partition coefficient (Wildman–Crippen LogP) is 8.04. The molecule has 0 radical (unpaired) electrons. The number of nitrogens with zero attached hydrogens (tertiary/aromatic N) is 7. The van der Waals surface area contributed by atoms with Crippen LogP contribution in [0.2, 0.25) is 0 Å². The number of amides is 3. The molecule has 5 aliphatic rings. The predicted molar refractivity (Wildman–Crippen MR) is 464 cm³/mol. The standard InChI is InChI=1S/C91H133N11O23/c1-58-14-10-9-11-15-60(3)76(112-7)54-69-23-18-63(6)91(111,125-69)84(107)87(108)101-30-13-12-16-72(101)88(109)122-73(24-17-59(2)49-62(5)82(105)83(106)81(104)61(4)48-58)70(92)51-64-20-25-75(77(52-64)113-8)124-90(110)95-29-33-115-35-37-117-39-41-119-43-45-121-47-46-120-44-42-118-40-38-116-36-34-114-32-28-78(103)100-31-27-66-50-65(19-21-68(66)56-100)55-102-86-79(85(93)96-57-97-86)80(99-102)67-22-26-74-71(53-67)98-89(94)123-74/h9-11,14-15,19,21-22,26,49-50,53,57-59,61,63-64,69-70,72-73,75-77,82-83,105-106,111H,12-13,16-18,20,23-25,27-48,51-52,54-56,92H2,1-8H3,(H2,94,98)(H,95,110)(H2,93,96,97)/b11-9+,14-10+,60-15+,62-49+/t58-,59+,61-,63-,64+,69+,70-,72+,73+,75-,76+,77-,82-,83+,91-/m1/s1. The molecule has 0 unspecified atom stereocenters. The van der Waals surface area contributed by atoms with Gasteiger partial charge in [0.2, 0.25) is 11.7 Å². The number of carbonyl (C=O) groups is 6. The van der Waals surface area contributed by atoms with Crippen LogP contribution in [0.25, 0.3) is 33.4 Å². The minimum atomic E-state index is -2.46.